The summed E-state index contributed by atoms with van der Waals surface area (Å²) < 4.78 is 1.21. The van der Waals surface area contributed by atoms with E-state index in [0.717, 1.165) is 11.1 Å². The summed E-state index contributed by atoms with van der Waals surface area (Å²) in [4.78, 5) is 37.9. The molecule has 0 bridgehead atoms. The van der Waals surface area contributed by atoms with Gasteiger partial charge in [0.05, 0.1) is 11.3 Å². The van der Waals surface area contributed by atoms with Crippen molar-refractivity contribution in [2.24, 2.45) is 5.18 Å². The highest BCUT2D eigenvalue weighted by Gasteiger charge is 2.11. The van der Waals surface area contributed by atoms with Gasteiger partial charge in [-0.3, -0.25) is 14.7 Å². The number of rotatable bonds is 3. The lowest BCUT2D eigenvalue weighted by Gasteiger charge is -2.02. The minimum atomic E-state index is -0.910. The van der Waals surface area contributed by atoms with Crippen molar-refractivity contribution >= 4 is 5.91 Å². The summed E-state index contributed by atoms with van der Waals surface area (Å²) >= 11 is 0. The van der Waals surface area contributed by atoms with E-state index in [2.05, 4.69) is 15.3 Å². The minimum Gasteiger partial charge on any atom is -0.289 e. The number of nitroso groups, excluding NO2 is 1. The van der Waals surface area contributed by atoms with E-state index >= 15 is 0 Å². The Labute approximate surface area is 130 Å². The van der Waals surface area contributed by atoms with E-state index < -0.39 is 5.91 Å². The third-order valence-corrected chi connectivity index (χ3v) is 3.39. The van der Waals surface area contributed by atoms with Gasteiger partial charge in [0.2, 0.25) is 0 Å². The van der Waals surface area contributed by atoms with Gasteiger partial charge in [0.1, 0.15) is 0 Å². The van der Waals surface area contributed by atoms with Gasteiger partial charge in [-0.25, -0.2) is 9.67 Å². The maximum atomic E-state index is 12.2. The number of aromatic nitrogens is 3. The third kappa shape index (κ3) is 2.84. The molecule has 114 valence electrons. The average molecular weight is 308 g/mol. The average Bonchev–Trinajstić information content (AvgIpc) is 2.96. The van der Waals surface area contributed by atoms with E-state index in [1.165, 1.54) is 29.1 Å². The largest absolute Gasteiger partial charge is 0.316 e. The normalized spacial score (nSPS) is 10.5. The Morgan fingerprint density at radius 1 is 1.17 bits per heavy atom. The van der Waals surface area contributed by atoms with Gasteiger partial charge in [-0.2, -0.15) is 0 Å². The van der Waals surface area contributed by atoms with Gasteiger partial charge < -0.3 is 0 Å². The lowest BCUT2D eigenvalue weighted by Crippen LogP contribution is -2.15. The first-order valence-electron chi connectivity index (χ1n) is 6.82. The number of H-pyrrole nitrogens is 1. The maximum absolute atomic E-state index is 12.2. The topological polar surface area (TPSA) is 97.2 Å². The van der Waals surface area contributed by atoms with Gasteiger partial charge in [0, 0.05) is 17.4 Å². The Hall–Kier alpha value is -3.35. The number of nitrogens with zero attached hydrogens (tertiary/aromatic N) is 3. The van der Waals surface area contributed by atoms with Crippen LogP contribution in [0.2, 0.25) is 0 Å². The van der Waals surface area contributed by atoms with Crippen LogP contribution in [0.5, 0.6) is 0 Å². The first kappa shape index (κ1) is 14.6. The quantitative estimate of drug-likeness (QED) is 0.751. The van der Waals surface area contributed by atoms with Crippen molar-refractivity contribution in [1.82, 2.24) is 14.8 Å². The standard InChI is InChI=1S/C16H12N4O3/c1-10-2-4-11(5-3-10)13-9-15(21)20(18-13)14-8-12(6-7-17-14)16(22)19-23/h2-9,18H,1H3. The summed E-state index contributed by atoms with van der Waals surface area (Å²) in [5.74, 6) is -0.699. The molecule has 0 atom stereocenters. The van der Waals surface area contributed by atoms with E-state index in [-0.39, 0.29) is 16.9 Å². The molecular weight excluding hydrogens is 296 g/mol. The van der Waals surface area contributed by atoms with Gasteiger partial charge >= 0.3 is 5.91 Å². The summed E-state index contributed by atoms with van der Waals surface area (Å²) in [6.45, 7) is 1.98. The van der Waals surface area contributed by atoms with Crippen LogP contribution >= 0.6 is 0 Å². The van der Waals surface area contributed by atoms with Crippen LogP contribution in [0.4, 0.5) is 0 Å². The highest BCUT2D eigenvalue weighted by atomic mass is 16.3. The SMILES string of the molecule is Cc1ccc(-c2cc(=O)n(-c3cc(C(=O)N=O)ccn3)[nH]2)cc1. The number of amides is 1. The summed E-state index contributed by atoms with van der Waals surface area (Å²) in [5, 5.41) is 5.30. The first-order valence-corrected chi connectivity index (χ1v) is 6.82. The van der Waals surface area contributed by atoms with Crippen molar-refractivity contribution in [1.29, 1.82) is 0 Å². The van der Waals surface area contributed by atoms with Crippen molar-refractivity contribution < 1.29 is 4.79 Å². The van der Waals surface area contributed by atoms with Crippen LogP contribution in [0.3, 0.4) is 0 Å². The van der Waals surface area contributed by atoms with E-state index in [1.54, 1.807) is 0 Å². The van der Waals surface area contributed by atoms with Crippen molar-refractivity contribution in [3.05, 3.63) is 75.0 Å². The molecular formula is C16H12N4O3. The van der Waals surface area contributed by atoms with Gasteiger partial charge in [-0.15, -0.1) is 4.91 Å². The Morgan fingerprint density at radius 3 is 2.61 bits per heavy atom. The molecule has 0 aliphatic heterocycles. The molecule has 0 saturated heterocycles. The van der Waals surface area contributed by atoms with Crippen LogP contribution in [0.15, 0.2) is 58.6 Å². The van der Waals surface area contributed by atoms with E-state index in [9.17, 15) is 14.5 Å². The molecule has 7 heteroatoms. The highest BCUT2D eigenvalue weighted by molar-refractivity contribution is 5.95. The maximum Gasteiger partial charge on any atom is 0.316 e. The number of nitrogens with one attached hydrogen (secondary N) is 1. The lowest BCUT2D eigenvalue weighted by atomic mass is 10.1. The van der Waals surface area contributed by atoms with Gasteiger partial charge in [-0.05, 0) is 24.6 Å². The summed E-state index contributed by atoms with van der Waals surface area (Å²) in [6.07, 6.45) is 1.34. The first-order chi connectivity index (χ1) is 11.1. The summed E-state index contributed by atoms with van der Waals surface area (Å²) in [7, 11) is 0. The molecule has 2 heterocycles. The van der Waals surface area contributed by atoms with Crippen molar-refractivity contribution in [2.45, 2.75) is 6.92 Å². The second kappa shape index (κ2) is 5.80. The fourth-order valence-electron chi connectivity index (χ4n) is 2.17. The minimum absolute atomic E-state index is 0.0726. The van der Waals surface area contributed by atoms with Crippen molar-refractivity contribution in [3.8, 4) is 17.1 Å². The molecule has 7 nitrogen and oxygen atoms in total. The zero-order valence-corrected chi connectivity index (χ0v) is 12.2. The van der Waals surface area contributed by atoms with Crippen LogP contribution in [0.1, 0.15) is 15.9 Å². The highest BCUT2D eigenvalue weighted by Crippen LogP contribution is 2.17. The number of hydrogen-bond donors (Lipinski definition) is 1. The molecule has 2 aromatic heterocycles. The van der Waals surface area contributed by atoms with E-state index in [1.807, 2.05) is 31.2 Å². The van der Waals surface area contributed by atoms with Crippen LogP contribution in [0.25, 0.3) is 17.1 Å². The van der Waals surface area contributed by atoms with Crippen LogP contribution in [-0.4, -0.2) is 20.7 Å². The van der Waals surface area contributed by atoms with Crippen molar-refractivity contribution in [3.63, 3.8) is 0 Å². The summed E-state index contributed by atoms with van der Waals surface area (Å²) in [6, 6.07) is 11.8. The van der Waals surface area contributed by atoms with E-state index in [4.69, 9.17) is 0 Å². The second-order valence-electron chi connectivity index (χ2n) is 5.01. The molecule has 0 saturated carbocycles. The van der Waals surface area contributed by atoms with Crippen LogP contribution in [0, 0.1) is 11.8 Å². The molecule has 23 heavy (non-hydrogen) atoms. The predicted octanol–water partition coefficient (Wildman–Crippen LogP) is 2.44. The van der Waals surface area contributed by atoms with Gasteiger partial charge in [0.25, 0.3) is 5.56 Å². The molecule has 1 amide bonds. The predicted molar refractivity (Wildman–Crippen MR) is 84.5 cm³/mol. The monoisotopic (exact) mass is 308 g/mol. The Morgan fingerprint density at radius 2 is 1.91 bits per heavy atom. The number of hydrogen-bond acceptors (Lipinski definition) is 4. The molecule has 1 aromatic carbocycles. The molecule has 0 aliphatic carbocycles. The molecule has 0 fully saturated rings. The lowest BCUT2D eigenvalue weighted by molar-refractivity contribution is 0.100. The fourth-order valence-corrected chi connectivity index (χ4v) is 2.17. The number of aryl methyl sites for hydroxylation is 1. The Kier molecular flexibility index (Phi) is 3.68. The molecule has 1 N–H and O–H groups in total. The molecule has 0 unspecified atom stereocenters. The number of benzene rings is 1. The number of pyridine rings is 1. The zero-order valence-electron chi connectivity index (χ0n) is 12.2. The van der Waals surface area contributed by atoms with Gasteiger partial charge in [-0.1, -0.05) is 29.8 Å². The molecule has 3 rings (SSSR count). The fraction of sp³-hybridized carbons (Fsp3) is 0.0625. The smallest absolute Gasteiger partial charge is 0.289 e. The Bertz CT molecular complexity index is 938. The third-order valence-electron chi connectivity index (χ3n) is 3.39. The molecule has 0 aliphatic rings. The Balaban J connectivity index is 2.05. The van der Waals surface area contributed by atoms with Crippen LogP contribution in [-0.2, 0) is 0 Å². The van der Waals surface area contributed by atoms with Crippen LogP contribution < -0.4 is 5.56 Å². The van der Waals surface area contributed by atoms with Crippen molar-refractivity contribution in [2.75, 3.05) is 0 Å². The number of aromatic amines is 1. The molecule has 3 aromatic rings. The molecule has 0 spiro atoms. The second-order valence-corrected chi connectivity index (χ2v) is 5.01. The zero-order chi connectivity index (χ0) is 16.4. The number of carbonyl (C=O) groups is 1. The van der Waals surface area contributed by atoms with E-state index in [0.29, 0.717) is 5.69 Å². The number of carbonyl (C=O) groups excluding carboxylic acids is 1. The molecule has 0 radical (unpaired) electrons. The van der Waals surface area contributed by atoms with Gasteiger partial charge in [0.15, 0.2) is 5.82 Å². The summed E-state index contributed by atoms with van der Waals surface area (Å²) in [5.41, 5.74) is 2.35.